The third-order valence-corrected chi connectivity index (χ3v) is 3.45. The van der Waals surface area contributed by atoms with Gasteiger partial charge in [0.15, 0.2) is 0 Å². The number of nitrogens with two attached hydrogens (primary N) is 1. The summed E-state index contributed by atoms with van der Waals surface area (Å²) in [6.07, 6.45) is 0. The number of benzene rings is 1. The molecule has 1 aromatic carbocycles. The highest BCUT2D eigenvalue weighted by Crippen LogP contribution is 2.22. The van der Waals surface area contributed by atoms with Crippen LogP contribution in [0.4, 0.5) is 0 Å². The van der Waals surface area contributed by atoms with E-state index in [2.05, 4.69) is 0 Å². The number of ether oxygens (including phenoxy) is 1. The Labute approximate surface area is 108 Å². The van der Waals surface area contributed by atoms with E-state index in [0.29, 0.717) is 19.8 Å². The van der Waals surface area contributed by atoms with Gasteiger partial charge in [0.2, 0.25) is 5.91 Å². The lowest BCUT2D eigenvalue weighted by Crippen LogP contribution is -2.57. The molecule has 1 aliphatic rings. The van der Waals surface area contributed by atoms with E-state index in [4.69, 9.17) is 10.5 Å². The standard InChI is InChI=1S/C14H20N2O2/c1-11-10-18-9-8-16(11)13(17)14(2,15)12-6-4-3-5-7-12/h3-7,11H,8-10,15H2,1-2H3/t11-,14?/m1/s1. The van der Waals surface area contributed by atoms with Crippen molar-refractivity contribution in [1.82, 2.24) is 4.90 Å². The molecule has 0 saturated carbocycles. The van der Waals surface area contributed by atoms with E-state index in [1.807, 2.05) is 42.2 Å². The molecular formula is C14H20N2O2. The van der Waals surface area contributed by atoms with Gasteiger partial charge in [-0.2, -0.15) is 0 Å². The van der Waals surface area contributed by atoms with Gasteiger partial charge in [-0.05, 0) is 19.4 Å². The fourth-order valence-electron chi connectivity index (χ4n) is 2.24. The molecule has 1 saturated heterocycles. The predicted molar refractivity (Wildman–Crippen MR) is 70.0 cm³/mol. The molecule has 1 aromatic rings. The van der Waals surface area contributed by atoms with Crippen LogP contribution in [0.3, 0.4) is 0 Å². The van der Waals surface area contributed by atoms with Crippen molar-refractivity contribution in [2.24, 2.45) is 5.73 Å². The molecule has 1 fully saturated rings. The summed E-state index contributed by atoms with van der Waals surface area (Å²) in [7, 11) is 0. The minimum atomic E-state index is -0.979. The molecule has 1 unspecified atom stereocenters. The van der Waals surface area contributed by atoms with Crippen LogP contribution in [0.15, 0.2) is 30.3 Å². The molecule has 2 atom stereocenters. The molecule has 2 rings (SSSR count). The molecule has 2 N–H and O–H groups in total. The van der Waals surface area contributed by atoms with Crippen LogP contribution in [0.2, 0.25) is 0 Å². The monoisotopic (exact) mass is 248 g/mol. The van der Waals surface area contributed by atoms with Gasteiger partial charge < -0.3 is 15.4 Å². The zero-order chi connectivity index (χ0) is 13.2. The van der Waals surface area contributed by atoms with Gasteiger partial charge in [0, 0.05) is 6.54 Å². The van der Waals surface area contributed by atoms with E-state index in [1.54, 1.807) is 6.92 Å². The number of nitrogens with zero attached hydrogens (tertiary/aromatic N) is 1. The highest BCUT2D eigenvalue weighted by atomic mass is 16.5. The van der Waals surface area contributed by atoms with E-state index in [0.717, 1.165) is 5.56 Å². The number of carbonyl (C=O) groups excluding carboxylic acids is 1. The Kier molecular flexibility index (Phi) is 3.68. The molecule has 0 aliphatic carbocycles. The summed E-state index contributed by atoms with van der Waals surface area (Å²) in [6.45, 7) is 5.53. The molecule has 1 amide bonds. The van der Waals surface area contributed by atoms with Gasteiger partial charge in [0.05, 0.1) is 19.3 Å². The average molecular weight is 248 g/mol. The zero-order valence-electron chi connectivity index (χ0n) is 10.9. The summed E-state index contributed by atoms with van der Waals surface area (Å²) >= 11 is 0. The van der Waals surface area contributed by atoms with Gasteiger partial charge in [-0.25, -0.2) is 0 Å². The summed E-state index contributed by atoms with van der Waals surface area (Å²) < 4.78 is 5.35. The van der Waals surface area contributed by atoms with Crippen LogP contribution in [0.5, 0.6) is 0 Å². The highest BCUT2D eigenvalue weighted by Gasteiger charge is 2.37. The van der Waals surface area contributed by atoms with Crippen molar-refractivity contribution < 1.29 is 9.53 Å². The van der Waals surface area contributed by atoms with Crippen molar-refractivity contribution in [3.63, 3.8) is 0 Å². The highest BCUT2D eigenvalue weighted by molar-refractivity contribution is 5.87. The zero-order valence-corrected chi connectivity index (χ0v) is 10.9. The maximum atomic E-state index is 12.6. The molecule has 4 heteroatoms. The lowest BCUT2D eigenvalue weighted by Gasteiger charge is -2.38. The van der Waals surface area contributed by atoms with Crippen LogP contribution in [-0.4, -0.2) is 36.6 Å². The first-order chi connectivity index (χ1) is 8.53. The Balaban J connectivity index is 2.21. The summed E-state index contributed by atoms with van der Waals surface area (Å²) in [5, 5.41) is 0. The van der Waals surface area contributed by atoms with Crippen molar-refractivity contribution in [3.8, 4) is 0 Å². The number of hydrogen-bond donors (Lipinski definition) is 1. The SMILES string of the molecule is C[C@@H]1COCCN1C(=O)C(C)(N)c1ccccc1. The number of hydrogen-bond acceptors (Lipinski definition) is 3. The van der Waals surface area contributed by atoms with Crippen LogP contribution < -0.4 is 5.73 Å². The first-order valence-electron chi connectivity index (χ1n) is 6.26. The quantitative estimate of drug-likeness (QED) is 0.853. The van der Waals surface area contributed by atoms with Crippen molar-refractivity contribution in [2.75, 3.05) is 19.8 Å². The average Bonchev–Trinajstić information content (AvgIpc) is 2.39. The van der Waals surface area contributed by atoms with Gasteiger partial charge in [-0.15, -0.1) is 0 Å². The third kappa shape index (κ3) is 2.40. The van der Waals surface area contributed by atoms with Crippen LogP contribution in [0.25, 0.3) is 0 Å². The largest absolute Gasteiger partial charge is 0.377 e. The first-order valence-corrected chi connectivity index (χ1v) is 6.26. The van der Waals surface area contributed by atoms with E-state index in [-0.39, 0.29) is 11.9 Å². The number of carbonyl (C=O) groups is 1. The Bertz CT molecular complexity index is 417. The lowest BCUT2D eigenvalue weighted by atomic mass is 9.91. The van der Waals surface area contributed by atoms with Crippen molar-refractivity contribution >= 4 is 5.91 Å². The number of amides is 1. The molecule has 1 heterocycles. The molecule has 0 radical (unpaired) electrons. The first kappa shape index (κ1) is 13.1. The second kappa shape index (κ2) is 5.08. The van der Waals surface area contributed by atoms with Gasteiger partial charge in [-0.3, -0.25) is 4.79 Å². The maximum absolute atomic E-state index is 12.6. The van der Waals surface area contributed by atoms with Gasteiger partial charge >= 0.3 is 0 Å². The lowest BCUT2D eigenvalue weighted by molar-refractivity contribution is -0.144. The van der Waals surface area contributed by atoms with Crippen LogP contribution >= 0.6 is 0 Å². The number of morpholine rings is 1. The van der Waals surface area contributed by atoms with E-state index in [1.165, 1.54) is 0 Å². The summed E-state index contributed by atoms with van der Waals surface area (Å²) in [5.74, 6) is -0.0375. The minimum Gasteiger partial charge on any atom is -0.377 e. The molecule has 18 heavy (non-hydrogen) atoms. The van der Waals surface area contributed by atoms with E-state index in [9.17, 15) is 4.79 Å². The van der Waals surface area contributed by atoms with Gasteiger partial charge in [0.25, 0.3) is 0 Å². The summed E-state index contributed by atoms with van der Waals surface area (Å²) in [6, 6.07) is 9.58. The fraction of sp³-hybridized carbons (Fsp3) is 0.500. The van der Waals surface area contributed by atoms with Crippen LogP contribution in [-0.2, 0) is 15.1 Å². The third-order valence-electron chi connectivity index (χ3n) is 3.45. The maximum Gasteiger partial charge on any atom is 0.247 e. The number of rotatable bonds is 2. The molecule has 0 aromatic heterocycles. The van der Waals surface area contributed by atoms with Crippen molar-refractivity contribution in [1.29, 1.82) is 0 Å². The van der Waals surface area contributed by atoms with Crippen molar-refractivity contribution in [2.45, 2.75) is 25.4 Å². The van der Waals surface area contributed by atoms with Crippen LogP contribution in [0, 0.1) is 0 Å². The topological polar surface area (TPSA) is 55.6 Å². The minimum absolute atomic E-state index is 0.0375. The molecular weight excluding hydrogens is 228 g/mol. The Morgan fingerprint density at radius 2 is 2.11 bits per heavy atom. The summed E-state index contributed by atoms with van der Waals surface area (Å²) in [4.78, 5) is 14.4. The van der Waals surface area contributed by atoms with E-state index < -0.39 is 5.54 Å². The van der Waals surface area contributed by atoms with E-state index >= 15 is 0 Å². The van der Waals surface area contributed by atoms with Gasteiger partial charge in [-0.1, -0.05) is 30.3 Å². The Morgan fingerprint density at radius 3 is 2.72 bits per heavy atom. The smallest absolute Gasteiger partial charge is 0.247 e. The Morgan fingerprint density at radius 1 is 1.44 bits per heavy atom. The molecule has 98 valence electrons. The Hall–Kier alpha value is -1.39. The second-order valence-electron chi connectivity index (χ2n) is 4.99. The van der Waals surface area contributed by atoms with Crippen molar-refractivity contribution in [3.05, 3.63) is 35.9 Å². The fourth-order valence-corrected chi connectivity index (χ4v) is 2.24. The molecule has 0 spiro atoms. The van der Waals surface area contributed by atoms with Gasteiger partial charge in [0.1, 0.15) is 5.54 Å². The second-order valence-corrected chi connectivity index (χ2v) is 4.99. The summed E-state index contributed by atoms with van der Waals surface area (Å²) in [5.41, 5.74) is 6.10. The normalized spacial score (nSPS) is 23.5. The van der Waals surface area contributed by atoms with Crippen LogP contribution in [0.1, 0.15) is 19.4 Å². The molecule has 4 nitrogen and oxygen atoms in total. The predicted octanol–water partition coefficient (Wildman–Crippen LogP) is 1.11. The molecule has 1 aliphatic heterocycles. The molecule has 0 bridgehead atoms.